The number of rotatable bonds is 7. The number of carbonyl (C=O) groups is 1. The van der Waals surface area contributed by atoms with Crippen LogP contribution in [0.2, 0.25) is 10.2 Å². The van der Waals surface area contributed by atoms with Gasteiger partial charge in [0.1, 0.15) is 23.0 Å². The Labute approximate surface area is 238 Å². The topological polar surface area (TPSA) is 132 Å². The summed E-state index contributed by atoms with van der Waals surface area (Å²) in [7, 11) is 0. The van der Waals surface area contributed by atoms with Crippen molar-refractivity contribution < 1.29 is 9.90 Å². The number of aliphatic carboxylic acids is 1. The van der Waals surface area contributed by atoms with Crippen LogP contribution in [0.4, 0.5) is 0 Å². The molecule has 0 radical (unpaired) electrons. The monoisotopic (exact) mass is 575 g/mol. The number of aromatic amines is 1. The van der Waals surface area contributed by atoms with Crippen molar-refractivity contribution in [1.29, 1.82) is 0 Å². The zero-order valence-electron chi connectivity index (χ0n) is 21.3. The SMILES string of the molecule is CCC(C(=O)O)c1cccc(-c2nc([C@@H]3CCc4cc(-c5cc(Cl)ccc5-n5cnnn5)cc(=O)n43)[nH]c2Cl)c1. The van der Waals surface area contributed by atoms with E-state index in [1.165, 1.54) is 11.0 Å². The molecular formula is C28H23Cl2N7O3. The van der Waals surface area contributed by atoms with E-state index in [0.717, 1.165) is 11.3 Å². The first-order valence-electron chi connectivity index (χ1n) is 12.7. The number of fused-ring (bicyclic) bond motifs is 1. The number of H-pyrrole nitrogens is 1. The number of pyridine rings is 1. The summed E-state index contributed by atoms with van der Waals surface area (Å²) in [5.74, 6) is -0.925. The number of benzene rings is 2. The van der Waals surface area contributed by atoms with Crippen molar-refractivity contribution in [2.45, 2.75) is 38.1 Å². The van der Waals surface area contributed by atoms with Gasteiger partial charge in [0.05, 0.1) is 17.6 Å². The maximum Gasteiger partial charge on any atom is 0.310 e. The maximum atomic E-state index is 13.5. The van der Waals surface area contributed by atoms with Crippen molar-refractivity contribution in [3.05, 3.63) is 98.5 Å². The largest absolute Gasteiger partial charge is 0.481 e. The number of hydrogen-bond donors (Lipinski definition) is 2. The molecule has 1 aliphatic rings. The van der Waals surface area contributed by atoms with E-state index in [2.05, 4.69) is 20.5 Å². The van der Waals surface area contributed by atoms with Crippen molar-refractivity contribution in [3.8, 4) is 28.1 Å². The summed E-state index contributed by atoms with van der Waals surface area (Å²) in [4.78, 5) is 33.1. The van der Waals surface area contributed by atoms with Crippen LogP contribution in [0.1, 0.15) is 48.8 Å². The third-order valence-electron chi connectivity index (χ3n) is 7.26. The predicted octanol–water partition coefficient (Wildman–Crippen LogP) is 5.30. The second-order valence-electron chi connectivity index (χ2n) is 9.62. The van der Waals surface area contributed by atoms with Gasteiger partial charge in [-0.25, -0.2) is 4.98 Å². The Balaban J connectivity index is 1.37. The molecule has 6 rings (SSSR count). The molecule has 0 saturated carbocycles. The lowest BCUT2D eigenvalue weighted by Crippen LogP contribution is -2.24. The number of nitrogens with one attached hydrogen (secondary N) is 1. The second kappa shape index (κ2) is 10.4. The normalized spacial score (nSPS) is 15.2. The predicted molar refractivity (Wildman–Crippen MR) is 150 cm³/mol. The molecule has 202 valence electrons. The van der Waals surface area contributed by atoms with Crippen molar-refractivity contribution in [3.63, 3.8) is 0 Å². The maximum absolute atomic E-state index is 13.5. The number of hydrogen-bond acceptors (Lipinski definition) is 6. The number of imidazole rings is 1. The van der Waals surface area contributed by atoms with E-state index < -0.39 is 11.9 Å². The van der Waals surface area contributed by atoms with Crippen LogP contribution in [0, 0.1) is 0 Å². The Hall–Kier alpha value is -4.28. The molecule has 0 saturated heterocycles. The summed E-state index contributed by atoms with van der Waals surface area (Å²) in [6.45, 7) is 1.84. The fraction of sp³-hybridized carbons (Fsp3) is 0.214. The van der Waals surface area contributed by atoms with Gasteiger partial charge < -0.3 is 14.7 Å². The fourth-order valence-corrected chi connectivity index (χ4v) is 5.81. The molecule has 2 aromatic carbocycles. The number of aromatic nitrogens is 7. The molecule has 0 spiro atoms. The van der Waals surface area contributed by atoms with Crippen LogP contribution in [0.5, 0.6) is 0 Å². The van der Waals surface area contributed by atoms with Gasteiger partial charge in [0, 0.05) is 27.9 Å². The zero-order valence-corrected chi connectivity index (χ0v) is 22.8. The van der Waals surface area contributed by atoms with Gasteiger partial charge in [0.15, 0.2) is 0 Å². The first-order chi connectivity index (χ1) is 19.3. The van der Waals surface area contributed by atoms with Gasteiger partial charge in [-0.15, -0.1) is 5.10 Å². The number of carboxylic acid groups (broad SMARTS) is 1. The van der Waals surface area contributed by atoms with E-state index >= 15 is 0 Å². The van der Waals surface area contributed by atoms with Crippen LogP contribution in [-0.4, -0.2) is 45.8 Å². The van der Waals surface area contributed by atoms with Crippen molar-refractivity contribution in [2.24, 2.45) is 0 Å². The van der Waals surface area contributed by atoms with Gasteiger partial charge in [-0.05, 0) is 71.1 Å². The van der Waals surface area contributed by atoms with Crippen molar-refractivity contribution in [2.75, 3.05) is 0 Å². The number of carboxylic acids is 1. The van der Waals surface area contributed by atoms with Crippen LogP contribution < -0.4 is 5.56 Å². The molecule has 1 unspecified atom stereocenters. The van der Waals surface area contributed by atoms with Crippen LogP contribution in [-0.2, 0) is 11.2 Å². The summed E-state index contributed by atoms with van der Waals surface area (Å²) < 4.78 is 3.26. The Kier molecular flexibility index (Phi) is 6.73. The number of halogens is 2. The van der Waals surface area contributed by atoms with E-state index in [1.807, 2.05) is 31.2 Å². The second-order valence-corrected chi connectivity index (χ2v) is 10.4. The third kappa shape index (κ3) is 4.59. The van der Waals surface area contributed by atoms with Gasteiger partial charge in [-0.2, -0.15) is 4.68 Å². The molecule has 4 heterocycles. The fourth-order valence-electron chi connectivity index (χ4n) is 5.39. The molecule has 0 bridgehead atoms. The highest BCUT2D eigenvalue weighted by molar-refractivity contribution is 6.32. The molecular weight excluding hydrogens is 553 g/mol. The molecule has 12 heteroatoms. The van der Waals surface area contributed by atoms with Crippen LogP contribution in [0.25, 0.3) is 28.1 Å². The van der Waals surface area contributed by atoms with E-state index in [-0.39, 0.29) is 11.6 Å². The summed E-state index contributed by atoms with van der Waals surface area (Å²) in [6.07, 6.45) is 3.28. The van der Waals surface area contributed by atoms with Gasteiger partial charge in [-0.3, -0.25) is 9.59 Å². The average Bonchev–Trinajstić information content (AvgIpc) is 3.69. The van der Waals surface area contributed by atoms with E-state index in [9.17, 15) is 14.7 Å². The van der Waals surface area contributed by atoms with Crippen molar-refractivity contribution in [1.82, 2.24) is 34.7 Å². The van der Waals surface area contributed by atoms with E-state index in [4.69, 9.17) is 28.2 Å². The van der Waals surface area contributed by atoms with Gasteiger partial charge in [0.2, 0.25) is 0 Å². The molecule has 2 atom stereocenters. The lowest BCUT2D eigenvalue weighted by molar-refractivity contribution is -0.138. The first-order valence-corrected chi connectivity index (χ1v) is 13.5. The summed E-state index contributed by atoms with van der Waals surface area (Å²) in [6, 6.07) is 15.8. The van der Waals surface area contributed by atoms with Gasteiger partial charge >= 0.3 is 5.97 Å². The molecule has 0 aliphatic carbocycles. The van der Waals surface area contributed by atoms with Crippen LogP contribution in [0.15, 0.2) is 65.7 Å². The highest BCUT2D eigenvalue weighted by Gasteiger charge is 2.29. The van der Waals surface area contributed by atoms with Crippen LogP contribution >= 0.6 is 23.2 Å². The van der Waals surface area contributed by atoms with Crippen molar-refractivity contribution >= 4 is 29.2 Å². The number of tetrazole rings is 1. The minimum Gasteiger partial charge on any atom is -0.481 e. The third-order valence-corrected chi connectivity index (χ3v) is 7.77. The standard InChI is InChI=1S/C28H23Cl2N7O3/c1-2-20(28(39)40)15-4-3-5-16(10-15)25-26(30)33-27(32-25)23-9-7-19-11-17(12-24(38)37(19)23)21-13-18(29)6-8-22(21)36-14-31-34-35-36/h3-6,8,10-14,20,23H,2,7,9H2,1H3,(H,32,33)(H,39,40)/t20?,23-/m0/s1. The van der Waals surface area contributed by atoms with E-state index in [0.29, 0.717) is 63.3 Å². The quantitative estimate of drug-likeness (QED) is 0.269. The minimum absolute atomic E-state index is 0.180. The lowest BCUT2D eigenvalue weighted by Gasteiger charge is -2.15. The molecule has 10 nitrogen and oxygen atoms in total. The molecule has 5 aromatic rings. The molecule has 3 aromatic heterocycles. The first kappa shape index (κ1) is 26.0. The highest BCUT2D eigenvalue weighted by atomic mass is 35.5. The van der Waals surface area contributed by atoms with Crippen LogP contribution in [0.3, 0.4) is 0 Å². The van der Waals surface area contributed by atoms with E-state index in [1.54, 1.807) is 34.9 Å². The lowest BCUT2D eigenvalue weighted by atomic mass is 9.94. The minimum atomic E-state index is -0.877. The molecule has 1 aliphatic heterocycles. The Morgan fingerprint density at radius 2 is 2.00 bits per heavy atom. The summed E-state index contributed by atoms with van der Waals surface area (Å²) in [5.41, 5.74) is 4.74. The Morgan fingerprint density at radius 1 is 1.15 bits per heavy atom. The highest BCUT2D eigenvalue weighted by Crippen LogP contribution is 2.36. The van der Waals surface area contributed by atoms with Gasteiger partial charge in [0.25, 0.3) is 5.56 Å². The summed E-state index contributed by atoms with van der Waals surface area (Å²) >= 11 is 12.9. The molecule has 0 amide bonds. The Morgan fingerprint density at radius 3 is 2.75 bits per heavy atom. The Bertz CT molecular complexity index is 1800. The molecule has 2 N–H and O–H groups in total. The average molecular weight is 576 g/mol. The summed E-state index contributed by atoms with van der Waals surface area (Å²) in [5, 5.41) is 21.9. The zero-order chi connectivity index (χ0) is 28.0. The van der Waals surface area contributed by atoms with Gasteiger partial charge in [-0.1, -0.05) is 48.3 Å². The smallest absolute Gasteiger partial charge is 0.310 e. The molecule has 40 heavy (non-hydrogen) atoms. The number of nitrogens with zero attached hydrogens (tertiary/aromatic N) is 6. The molecule has 0 fully saturated rings. The number of aryl methyl sites for hydroxylation is 1.